The Morgan fingerprint density at radius 1 is 1.05 bits per heavy atom. The second-order valence-corrected chi connectivity index (χ2v) is 5.28. The lowest BCUT2D eigenvalue weighted by molar-refractivity contribution is -0.392. The van der Waals surface area contributed by atoms with E-state index < -0.39 is 47.1 Å². The summed E-state index contributed by atoms with van der Waals surface area (Å²) in [6.45, 7) is 0. The molecule has 0 saturated heterocycles. The molecule has 110 valence electrons. The van der Waals surface area contributed by atoms with E-state index in [0.717, 1.165) is 0 Å². The Hall–Kier alpha value is -2.44. The van der Waals surface area contributed by atoms with Crippen LogP contribution in [0.4, 0.5) is 30.2 Å². The summed E-state index contributed by atoms with van der Waals surface area (Å²) in [5, 5.41) is 21.1. The number of hydrogen-bond acceptors (Lipinski definition) is 7. The van der Waals surface area contributed by atoms with Crippen LogP contribution < -0.4 is 5.73 Å². The quantitative estimate of drug-likeness (QED) is 0.503. The number of anilines is 1. The maximum Gasteiger partial charge on any atom is 0.501 e. The van der Waals surface area contributed by atoms with Gasteiger partial charge >= 0.3 is 16.9 Å². The van der Waals surface area contributed by atoms with Crippen LogP contribution in [0.15, 0.2) is 17.0 Å². The molecule has 0 saturated carbocycles. The minimum Gasteiger partial charge on any atom is -0.387 e. The van der Waals surface area contributed by atoms with E-state index in [1.165, 1.54) is 0 Å². The average Bonchev–Trinajstić information content (AvgIpc) is 2.26. The van der Waals surface area contributed by atoms with Gasteiger partial charge in [-0.2, -0.15) is 13.2 Å². The van der Waals surface area contributed by atoms with Crippen molar-refractivity contribution in [2.24, 2.45) is 0 Å². The zero-order chi connectivity index (χ0) is 15.9. The fourth-order valence-electron chi connectivity index (χ4n) is 1.19. The highest BCUT2D eigenvalue weighted by Crippen LogP contribution is 2.38. The van der Waals surface area contributed by atoms with E-state index in [-0.39, 0.29) is 12.1 Å². The van der Waals surface area contributed by atoms with Crippen LogP contribution in [0.3, 0.4) is 0 Å². The van der Waals surface area contributed by atoms with Gasteiger partial charge in [0, 0.05) is 12.1 Å². The van der Waals surface area contributed by atoms with Crippen molar-refractivity contribution in [2.45, 2.75) is 10.4 Å². The summed E-state index contributed by atoms with van der Waals surface area (Å²) in [6, 6.07) is 0.0380. The highest BCUT2D eigenvalue weighted by Gasteiger charge is 2.48. The highest BCUT2D eigenvalue weighted by atomic mass is 32.2. The lowest BCUT2D eigenvalue weighted by Gasteiger charge is -2.08. The van der Waals surface area contributed by atoms with Crippen molar-refractivity contribution in [3.05, 3.63) is 32.4 Å². The number of sulfone groups is 1. The maximum atomic E-state index is 12.3. The number of nitro benzene ring substituents is 2. The van der Waals surface area contributed by atoms with Gasteiger partial charge in [0.2, 0.25) is 0 Å². The van der Waals surface area contributed by atoms with E-state index in [1.807, 2.05) is 0 Å². The van der Waals surface area contributed by atoms with Crippen molar-refractivity contribution in [2.75, 3.05) is 5.73 Å². The number of benzene rings is 1. The number of nitrogen functional groups attached to an aromatic ring is 1. The summed E-state index contributed by atoms with van der Waals surface area (Å²) in [6.07, 6.45) is 0. The van der Waals surface area contributed by atoms with E-state index in [4.69, 9.17) is 5.73 Å². The van der Waals surface area contributed by atoms with Crippen molar-refractivity contribution in [3.63, 3.8) is 0 Å². The van der Waals surface area contributed by atoms with Crippen LogP contribution in [-0.2, 0) is 9.84 Å². The van der Waals surface area contributed by atoms with E-state index in [0.29, 0.717) is 0 Å². The third-order valence-electron chi connectivity index (χ3n) is 2.12. The second-order valence-electron chi connectivity index (χ2n) is 3.34. The number of alkyl halides is 3. The van der Waals surface area contributed by atoms with Gasteiger partial charge in [-0.15, -0.1) is 0 Å². The molecule has 0 bridgehead atoms. The van der Waals surface area contributed by atoms with Crippen LogP contribution >= 0.6 is 0 Å². The second kappa shape index (κ2) is 4.59. The smallest absolute Gasteiger partial charge is 0.387 e. The van der Waals surface area contributed by atoms with Gasteiger partial charge in [-0.3, -0.25) is 20.2 Å². The predicted octanol–water partition coefficient (Wildman–Crippen LogP) is 1.38. The van der Waals surface area contributed by atoms with E-state index >= 15 is 0 Å². The van der Waals surface area contributed by atoms with Gasteiger partial charge in [-0.25, -0.2) is 8.42 Å². The number of nitrogens with two attached hydrogens (primary N) is 1. The molecule has 0 aromatic heterocycles. The zero-order valence-corrected chi connectivity index (χ0v) is 9.93. The minimum atomic E-state index is -5.97. The van der Waals surface area contributed by atoms with Crippen molar-refractivity contribution in [3.8, 4) is 0 Å². The minimum absolute atomic E-state index is 0.0190. The molecule has 1 aromatic carbocycles. The van der Waals surface area contributed by atoms with Crippen molar-refractivity contribution in [1.29, 1.82) is 0 Å². The first-order chi connectivity index (χ1) is 8.89. The van der Waals surface area contributed by atoms with Crippen molar-refractivity contribution >= 4 is 26.9 Å². The summed E-state index contributed by atoms with van der Waals surface area (Å²) in [7, 11) is -5.97. The maximum absolute atomic E-state index is 12.3. The average molecular weight is 315 g/mol. The van der Waals surface area contributed by atoms with Crippen molar-refractivity contribution < 1.29 is 31.4 Å². The Labute approximate surface area is 108 Å². The highest BCUT2D eigenvalue weighted by molar-refractivity contribution is 7.92. The molecule has 0 aliphatic rings. The zero-order valence-electron chi connectivity index (χ0n) is 9.12. The third-order valence-corrected chi connectivity index (χ3v) is 3.58. The van der Waals surface area contributed by atoms with Gasteiger partial charge in [0.05, 0.1) is 14.7 Å². The molecule has 0 spiro atoms. The number of halogens is 3. The molecular weight excluding hydrogens is 311 g/mol. The molecule has 0 heterocycles. The van der Waals surface area contributed by atoms with Crippen LogP contribution in [0.1, 0.15) is 0 Å². The topological polar surface area (TPSA) is 146 Å². The monoisotopic (exact) mass is 315 g/mol. The lowest BCUT2D eigenvalue weighted by atomic mass is 10.2. The van der Waals surface area contributed by atoms with Gasteiger partial charge in [0.25, 0.3) is 9.84 Å². The molecule has 0 fully saturated rings. The summed E-state index contributed by atoms with van der Waals surface area (Å²) in [5.41, 5.74) is -4.36. The first-order valence-electron chi connectivity index (χ1n) is 4.43. The molecule has 9 nitrogen and oxygen atoms in total. The molecule has 2 N–H and O–H groups in total. The fourth-order valence-corrected chi connectivity index (χ4v) is 1.99. The summed E-state index contributed by atoms with van der Waals surface area (Å²) in [5.74, 6) is 0. The molecule has 1 aromatic rings. The molecule has 20 heavy (non-hydrogen) atoms. The standard InChI is InChI=1S/C7H4F3N3O6S/c8-7(9,10)20(18,19)3-1-4(12(14)15)6(11)5(2-3)13(16)17/h1-2H,11H2. The Morgan fingerprint density at radius 2 is 1.40 bits per heavy atom. The number of nitro groups is 2. The molecule has 1 rings (SSSR count). The molecule has 0 aliphatic heterocycles. The largest absolute Gasteiger partial charge is 0.501 e. The van der Waals surface area contributed by atoms with Gasteiger partial charge in [0.15, 0.2) is 5.69 Å². The normalized spacial score (nSPS) is 12.2. The SMILES string of the molecule is Nc1c([N+](=O)[O-])cc(S(=O)(=O)C(F)(F)F)cc1[N+](=O)[O-]. The predicted molar refractivity (Wildman–Crippen MR) is 57.4 cm³/mol. The van der Waals surface area contributed by atoms with Gasteiger partial charge < -0.3 is 5.73 Å². The molecule has 0 atom stereocenters. The van der Waals surface area contributed by atoms with Crippen LogP contribution in [0.25, 0.3) is 0 Å². The molecule has 0 unspecified atom stereocenters. The lowest BCUT2D eigenvalue weighted by Crippen LogP contribution is -2.23. The first kappa shape index (κ1) is 15.6. The number of nitrogens with zero attached hydrogens (tertiary/aromatic N) is 2. The van der Waals surface area contributed by atoms with Gasteiger partial charge in [-0.05, 0) is 0 Å². The Kier molecular flexibility index (Phi) is 3.58. The van der Waals surface area contributed by atoms with E-state index in [1.54, 1.807) is 0 Å². The van der Waals surface area contributed by atoms with Crippen LogP contribution in [0.2, 0.25) is 0 Å². The number of rotatable bonds is 3. The summed E-state index contributed by atoms with van der Waals surface area (Å²) in [4.78, 5) is 16.8. The summed E-state index contributed by atoms with van der Waals surface area (Å²) >= 11 is 0. The van der Waals surface area contributed by atoms with Crippen LogP contribution in [0.5, 0.6) is 0 Å². The molecule has 13 heteroatoms. The Morgan fingerprint density at radius 3 is 1.65 bits per heavy atom. The van der Waals surface area contributed by atoms with Crippen LogP contribution in [0, 0.1) is 20.2 Å². The first-order valence-corrected chi connectivity index (χ1v) is 5.91. The fraction of sp³-hybridized carbons (Fsp3) is 0.143. The van der Waals surface area contributed by atoms with Crippen LogP contribution in [-0.4, -0.2) is 23.8 Å². The molecular formula is C7H4F3N3O6S. The number of hydrogen-bond donors (Lipinski definition) is 1. The Balaban J connectivity index is 3.76. The van der Waals surface area contributed by atoms with Gasteiger partial charge in [0.1, 0.15) is 0 Å². The van der Waals surface area contributed by atoms with E-state index in [9.17, 15) is 41.8 Å². The molecule has 0 aliphatic carbocycles. The van der Waals surface area contributed by atoms with Crippen molar-refractivity contribution in [1.82, 2.24) is 0 Å². The Bertz CT molecular complexity index is 663. The van der Waals surface area contributed by atoms with E-state index in [2.05, 4.69) is 0 Å². The molecule has 0 radical (unpaired) electrons. The molecule has 0 amide bonds. The third kappa shape index (κ3) is 2.47. The van der Waals surface area contributed by atoms with Gasteiger partial charge in [-0.1, -0.05) is 0 Å². The summed E-state index contributed by atoms with van der Waals surface area (Å²) < 4.78 is 59.2.